The van der Waals surface area contributed by atoms with E-state index < -0.39 is 0 Å². The molecular weight excluding hydrogens is 309 g/mol. The van der Waals surface area contributed by atoms with Gasteiger partial charge in [-0.1, -0.05) is 19.1 Å². The summed E-state index contributed by atoms with van der Waals surface area (Å²) in [5.74, 6) is -0.138. The van der Waals surface area contributed by atoms with Gasteiger partial charge in [0.25, 0.3) is 0 Å². The highest BCUT2D eigenvalue weighted by atomic mass is 32.1. The summed E-state index contributed by atoms with van der Waals surface area (Å²) in [6, 6.07) is 5.61. The fraction of sp³-hybridized carbons (Fsp3) is 0.500. The maximum absolute atomic E-state index is 13.8. The molecule has 1 N–H and O–H groups in total. The molecule has 23 heavy (non-hydrogen) atoms. The van der Waals surface area contributed by atoms with Gasteiger partial charge < -0.3 is 10.2 Å². The minimum atomic E-state index is -0.138. The number of aromatic nitrogens is 1. The molecule has 1 aromatic heterocycles. The standard InChI is InChI=1S/C18H26FN3S/c1-6-17-21-13(3)18(23-17)12(2)20-10-14-7-8-16(19)15(9-14)11-22(4)5/h7-9,12,20H,6,10-11H2,1-5H3/t12-/m0/s1. The monoisotopic (exact) mass is 335 g/mol. The van der Waals surface area contributed by atoms with Crippen LogP contribution in [0.3, 0.4) is 0 Å². The Balaban J connectivity index is 2.03. The van der Waals surface area contributed by atoms with Crippen molar-refractivity contribution in [3.05, 3.63) is 50.7 Å². The molecule has 1 heterocycles. The molecule has 0 aliphatic heterocycles. The second-order valence-electron chi connectivity index (χ2n) is 6.18. The van der Waals surface area contributed by atoms with Crippen LogP contribution in [0.25, 0.3) is 0 Å². The molecule has 126 valence electrons. The number of thiazole rings is 1. The second kappa shape index (κ2) is 7.99. The first-order chi connectivity index (χ1) is 10.9. The molecule has 0 fully saturated rings. The first-order valence-corrected chi connectivity index (χ1v) is 8.84. The predicted molar refractivity (Wildman–Crippen MR) is 95.3 cm³/mol. The van der Waals surface area contributed by atoms with Crippen LogP contribution in [0.1, 0.15) is 46.6 Å². The van der Waals surface area contributed by atoms with Crippen LogP contribution in [0, 0.1) is 12.7 Å². The molecule has 5 heteroatoms. The fourth-order valence-corrected chi connectivity index (χ4v) is 3.62. The third kappa shape index (κ3) is 4.83. The molecule has 0 saturated carbocycles. The molecule has 0 aliphatic rings. The molecule has 0 radical (unpaired) electrons. The van der Waals surface area contributed by atoms with Gasteiger partial charge in [0, 0.05) is 29.6 Å². The summed E-state index contributed by atoms with van der Waals surface area (Å²) < 4.78 is 13.8. The van der Waals surface area contributed by atoms with Crippen LogP contribution in [-0.2, 0) is 19.5 Å². The SMILES string of the molecule is CCc1nc(C)c([C@H](C)NCc2ccc(F)c(CN(C)C)c2)s1. The van der Waals surface area contributed by atoms with Crippen LogP contribution >= 0.6 is 11.3 Å². The van der Waals surface area contributed by atoms with Gasteiger partial charge in [0.2, 0.25) is 0 Å². The quantitative estimate of drug-likeness (QED) is 0.827. The van der Waals surface area contributed by atoms with Crippen LogP contribution in [0.2, 0.25) is 0 Å². The highest BCUT2D eigenvalue weighted by molar-refractivity contribution is 7.11. The largest absolute Gasteiger partial charge is 0.305 e. The van der Waals surface area contributed by atoms with Crippen LogP contribution in [0.5, 0.6) is 0 Å². The average Bonchev–Trinajstić information content (AvgIpc) is 2.88. The van der Waals surface area contributed by atoms with Crippen molar-refractivity contribution in [2.45, 2.75) is 46.3 Å². The van der Waals surface area contributed by atoms with Crippen molar-refractivity contribution >= 4 is 11.3 Å². The Morgan fingerprint density at radius 2 is 2.09 bits per heavy atom. The van der Waals surface area contributed by atoms with Crippen LogP contribution in [0.4, 0.5) is 4.39 Å². The third-order valence-electron chi connectivity index (χ3n) is 3.78. The molecule has 1 atom stereocenters. The highest BCUT2D eigenvalue weighted by Gasteiger charge is 2.13. The van der Waals surface area contributed by atoms with E-state index in [9.17, 15) is 4.39 Å². The van der Waals surface area contributed by atoms with Gasteiger partial charge in [0.1, 0.15) is 5.82 Å². The Labute approximate surface area is 142 Å². The fourth-order valence-electron chi connectivity index (χ4n) is 2.58. The number of aryl methyl sites for hydroxylation is 2. The van der Waals surface area contributed by atoms with E-state index in [0.29, 0.717) is 6.54 Å². The Bertz CT molecular complexity index is 652. The Morgan fingerprint density at radius 1 is 1.35 bits per heavy atom. The van der Waals surface area contributed by atoms with Gasteiger partial charge in [-0.05, 0) is 46.0 Å². The number of nitrogens with one attached hydrogen (secondary N) is 1. The molecular formula is C18H26FN3S. The van der Waals surface area contributed by atoms with Crippen molar-refractivity contribution in [1.29, 1.82) is 0 Å². The summed E-state index contributed by atoms with van der Waals surface area (Å²) in [5.41, 5.74) is 2.96. The zero-order valence-electron chi connectivity index (χ0n) is 14.6. The maximum atomic E-state index is 13.8. The van der Waals surface area contributed by atoms with Gasteiger partial charge in [-0.15, -0.1) is 11.3 Å². The summed E-state index contributed by atoms with van der Waals surface area (Å²) in [7, 11) is 3.90. The first kappa shape index (κ1) is 18.0. The Kier molecular flexibility index (Phi) is 6.27. The van der Waals surface area contributed by atoms with Gasteiger partial charge in [-0.3, -0.25) is 0 Å². The molecule has 0 aliphatic carbocycles. The van der Waals surface area contributed by atoms with Gasteiger partial charge >= 0.3 is 0 Å². The normalized spacial score (nSPS) is 12.8. The van der Waals surface area contributed by atoms with Crippen LogP contribution < -0.4 is 5.32 Å². The summed E-state index contributed by atoms with van der Waals surface area (Å²) in [6.07, 6.45) is 0.976. The van der Waals surface area contributed by atoms with Crippen LogP contribution in [0.15, 0.2) is 18.2 Å². The van der Waals surface area contributed by atoms with Crippen molar-refractivity contribution in [3.8, 4) is 0 Å². The van der Waals surface area contributed by atoms with E-state index in [0.717, 1.165) is 29.8 Å². The first-order valence-electron chi connectivity index (χ1n) is 8.02. The maximum Gasteiger partial charge on any atom is 0.127 e. The average molecular weight is 335 g/mol. The summed E-state index contributed by atoms with van der Waals surface area (Å²) in [4.78, 5) is 7.85. The van der Waals surface area contributed by atoms with Crippen molar-refractivity contribution in [3.63, 3.8) is 0 Å². The lowest BCUT2D eigenvalue weighted by atomic mass is 10.1. The van der Waals surface area contributed by atoms with Crippen molar-refractivity contribution < 1.29 is 4.39 Å². The van der Waals surface area contributed by atoms with Crippen LogP contribution in [-0.4, -0.2) is 24.0 Å². The van der Waals surface area contributed by atoms with E-state index in [-0.39, 0.29) is 11.9 Å². The molecule has 2 aromatic rings. The molecule has 1 aromatic carbocycles. The topological polar surface area (TPSA) is 28.2 Å². The van der Waals surface area contributed by atoms with E-state index in [1.54, 1.807) is 17.4 Å². The van der Waals surface area contributed by atoms with Crippen molar-refractivity contribution in [2.24, 2.45) is 0 Å². The summed E-state index contributed by atoms with van der Waals surface area (Å²) in [5, 5.41) is 4.71. The Morgan fingerprint density at radius 3 is 2.70 bits per heavy atom. The minimum absolute atomic E-state index is 0.138. The van der Waals surface area contributed by atoms with Crippen molar-refractivity contribution in [2.75, 3.05) is 14.1 Å². The Hall–Kier alpha value is -1.30. The minimum Gasteiger partial charge on any atom is -0.305 e. The number of halogens is 1. The molecule has 0 amide bonds. The molecule has 3 nitrogen and oxygen atoms in total. The third-order valence-corrected chi connectivity index (χ3v) is 5.27. The molecule has 0 saturated heterocycles. The van der Waals surface area contributed by atoms with Crippen molar-refractivity contribution in [1.82, 2.24) is 15.2 Å². The van der Waals surface area contributed by atoms with E-state index >= 15 is 0 Å². The number of hydrogen-bond acceptors (Lipinski definition) is 4. The van der Waals surface area contributed by atoms with E-state index in [4.69, 9.17) is 0 Å². The smallest absolute Gasteiger partial charge is 0.127 e. The summed E-state index contributed by atoms with van der Waals surface area (Å²) in [6.45, 7) is 7.69. The lowest BCUT2D eigenvalue weighted by Crippen LogP contribution is -2.18. The number of hydrogen-bond donors (Lipinski definition) is 1. The molecule has 0 unspecified atom stereocenters. The second-order valence-corrected chi connectivity index (χ2v) is 7.29. The zero-order valence-corrected chi connectivity index (χ0v) is 15.4. The molecule has 2 rings (SSSR count). The van der Waals surface area contributed by atoms with E-state index in [2.05, 4.69) is 31.1 Å². The van der Waals surface area contributed by atoms with E-state index in [1.165, 1.54) is 9.88 Å². The lowest BCUT2D eigenvalue weighted by Gasteiger charge is -2.15. The molecule has 0 bridgehead atoms. The molecule has 0 spiro atoms. The van der Waals surface area contributed by atoms with Gasteiger partial charge in [0.15, 0.2) is 0 Å². The number of rotatable bonds is 7. The zero-order chi connectivity index (χ0) is 17.0. The van der Waals surface area contributed by atoms with E-state index in [1.807, 2.05) is 31.1 Å². The van der Waals surface area contributed by atoms with Gasteiger partial charge in [-0.2, -0.15) is 0 Å². The lowest BCUT2D eigenvalue weighted by molar-refractivity contribution is 0.392. The highest BCUT2D eigenvalue weighted by Crippen LogP contribution is 2.25. The predicted octanol–water partition coefficient (Wildman–Crippen LogP) is 4.07. The summed E-state index contributed by atoms with van der Waals surface area (Å²) >= 11 is 1.78. The van der Waals surface area contributed by atoms with Gasteiger partial charge in [0.05, 0.1) is 10.7 Å². The number of benzene rings is 1. The van der Waals surface area contributed by atoms with Gasteiger partial charge in [-0.25, -0.2) is 9.37 Å². The number of nitrogens with zero attached hydrogens (tertiary/aromatic N) is 2.